The van der Waals surface area contributed by atoms with E-state index < -0.39 is 24.2 Å². The van der Waals surface area contributed by atoms with Gasteiger partial charge in [0.15, 0.2) is 6.61 Å². The number of hydrogen-bond donors (Lipinski definition) is 2. The normalized spacial score (nSPS) is 21.8. The number of amides is 1. The number of benzene rings is 3. The molecule has 1 aliphatic heterocycles. The SMILES string of the molecule is CC(=O)N[C@@]1(C)C[C@@H](c2ccc(Cl)cc2)O[C@@H](c2cccc(-c3ccccc3)c2OCC(=O)O)C1. The molecule has 1 fully saturated rings. The van der Waals surface area contributed by atoms with Crippen molar-refractivity contribution < 1.29 is 24.2 Å². The predicted octanol–water partition coefficient (Wildman–Crippen LogP) is 5.96. The summed E-state index contributed by atoms with van der Waals surface area (Å²) in [6, 6.07) is 22.9. The van der Waals surface area contributed by atoms with Crippen molar-refractivity contribution in [3.63, 3.8) is 0 Å². The first-order valence-electron chi connectivity index (χ1n) is 11.5. The second kappa shape index (κ2) is 10.5. The first-order chi connectivity index (χ1) is 16.7. The van der Waals surface area contributed by atoms with Crippen LogP contribution >= 0.6 is 11.6 Å². The molecule has 35 heavy (non-hydrogen) atoms. The number of para-hydroxylation sites is 1. The Morgan fingerprint density at radius 1 is 1.03 bits per heavy atom. The Balaban J connectivity index is 1.78. The van der Waals surface area contributed by atoms with E-state index in [0.717, 1.165) is 22.3 Å². The minimum atomic E-state index is -1.06. The van der Waals surface area contributed by atoms with Gasteiger partial charge in [-0.15, -0.1) is 0 Å². The van der Waals surface area contributed by atoms with E-state index >= 15 is 0 Å². The van der Waals surface area contributed by atoms with E-state index in [2.05, 4.69) is 5.32 Å². The molecule has 0 aromatic heterocycles. The van der Waals surface area contributed by atoms with Gasteiger partial charge in [0, 0.05) is 41.5 Å². The lowest BCUT2D eigenvalue weighted by Crippen LogP contribution is -2.50. The molecule has 3 aromatic rings. The fourth-order valence-corrected chi connectivity index (χ4v) is 4.85. The van der Waals surface area contributed by atoms with Crippen LogP contribution in [0.2, 0.25) is 5.02 Å². The summed E-state index contributed by atoms with van der Waals surface area (Å²) in [5.74, 6) is -0.720. The summed E-state index contributed by atoms with van der Waals surface area (Å²) in [5.41, 5.74) is 2.82. The fourth-order valence-electron chi connectivity index (χ4n) is 4.73. The van der Waals surface area contributed by atoms with Crippen LogP contribution in [0.1, 0.15) is 50.0 Å². The molecule has 0 saturated carbocycles. The third kappa shape index (κ3) is 6.02. The van der Waals surface area contributed by atoms with Gasteiger partial charge in [0.25, 0.3) is 0 Å². The summed E-state index contributed by atoms with van der Waals surface area (Å²) in [4.78, 5) is 23.5. The number of carboxylic acids is 1. The second-order valence-corrected chi connectivity index (χ2v) is 9.52. The van der Waals surface area contributed by atoms with E-state index in [-0.39, 0.29) is 12.0 Å². The Morgan fingerprint density at radius 3 is 2.37 bits per heavy atom. The fraction of sp³-hybridized carbons (Fsp3) is 0.286. The number of hydrogen-bond acceptors (Lipinski definition) is 4. The molecule has 3 atom stereocenters. The third-order valence-electron chi connectivity index (χ3n) is 6.14. The van der Waals surface area contributed by atoms with Gasteiger partial charge in [0.1, 0.15) is 5.75 Å². The summed E-state index contributed by atoms with van der Waals surface area (Å²) < 4.78 is 12.5. The van der Waals surface area contributed by atoms with Crippen LogP contribution in [0.4, 0.5) is 0 Å². The Bertz CT molecular complexity index is 1200. The summed E-state index contributed by atoms with van der Waals surface area (Å²) in [6.45, 7) is 3.03. The van der Waals surface area contributed by atoms with Gasteiger partial charge >= 0.3 is 5.97 Å². The largest absolute Gasteiger partial charge is 0.481 e. The molecule has 1 heterocycles. The molecule has 0 unspecified atom stereocenters. The maximum atomic E-state index is 12.1. The van der Waals surface area contributed by atoms with E-state index in [4.69, 9.17) is 21.1 Å². The summed E-state index contributed by atoms with van der Waals surface area (Å²) >= 11 is 6.09. The molecule has 182 valence electrons. The predicted molar refractivity (Wildman–Crippen MR) is 134 cm³/mol. The van der Waals surface area contributed by atoms with Crippen molar-refractivity contribution >= 4 is 23.5 Å². The van der Waals surface area contributed by atoms with Crippen molar-refractivity contribution in [2.45, 2.75) is 44.4 Å². The van der Waals surface area contributed by atoms with Crippen molar-refractivity contribution in [2.75, 3.05) is 6.61 Å². The molecule has 0 spiro atoms. The Kier molecular flexibility index (Phi) is 7.43. The van der Waals surface area contributed by atoms with Crippen molar-refractivity contribution in [1.82, 2.24) is 5.32 Å². The number of rotatable bonds is 7. The minimum absolute atomic E-state index is 0.122. The lowest BCUT2D eigenvalue weighted by atomic mass is 9.80. The molecule has 1 amide bonds. The first-order valence-corrected chi connectivity index (χ1v) is 11.8. The van der Waals surface area contributed by atoms with Crippen molar-refractivity contribution in [3.8, 4) is 16.9 Å². The summed E-state index contributed by atoms with van der Waals surface area (Å²) in [6.07, 6.45) is 0.316. The van der Waals surface area contributed by atoms with Gasteiger partial charge in [-0.3, -0.25) is 4.79 Å². The van der Waals surface area contributed by atoms with Crippen LogP contribution in [0.15, 0.2) is 72.8 Å². The summed E-state index contributed by atoms with van der Waals surface area (Å²) in [5, 5.41) is 13.1. The highest BCUT2D eigenvalue weighted by Gasteiger charge is 2.41. The second-order valence-electron chi connectivity index (χ2n) is 9.09. The van der Waals surface area contributed by atoms with E-state index in [0.29, 0.717) is 23.6 Å². The molecule has 2 N–H and O–H groups in total. The maximum Gasteiger partial charge on any atom is 0.341 e. The molecular weight excluding hydrogens is 466 g/mol. The lowest BCUT2D eigenvalue weighted by Gasteiger charge is -2.43. The van der Waals surface area contributed by atoms with Gasteiger partial charge in [-0.1, -0.05) is 72.3 Å². The number of carbonyl (C=O) groups excluding carboxylic acids is 1. The topological polar surface area (TPSA) is 84.9 Å². The number of carboxylic acid groups (broad SMARTS) is 1. The highest BCUT2D eigenvalue weighted by molar-refractivity contribution is 6.30. The van der Waals surface area contributed by atoms with Crippen LogP contribution in [0.25, 0.3) is 11.1 Å². The van der Waals surface area contributed by atoms with Crippen molar-refractivity contribution in [3.05, 3.63) is 88.9 Å². The molecule has 7 heteroatoms. The van der Waals surface area contributed by atoms with Gasteiger partial charge in [-0.25, -0.2) is 4.79 Å². The average molecular weight is 494 g/mol. The minimum Gasteiger partial charge on any atom is -0.481 e. The zero-order valence-electron chi connectivity index (χ0n) is 19.7. The van der Waals surface area contributed by atoms with Crippen molar-refractivity contribution in [2.24, 2.45) is 0 Å². The number of halogens is 1. The molecule has 0 bridgehead atoms. The van der Waals surface area contributed by atoms with Gasteiger partial charge in [0.05, 0.1) is 12.2 Å². The number of ether oxygens (including phenoxy) is 2. The Morgan fingerprint density at radius 2 is 1.71 bits per heavy atom. The first kappa shape index (κ1) is 24.8. The van der Waals surface area contributed by atoms with Gasteiger partial charge in [-0.05, 0) is 30.2 Å². The number of aliphatic carboxylic acids is 1. The van der Waals surface area contributed by atoms with Crippen LogP contribution in [-0.2, 0) is 14.3 Å². The maximum absolute atomic E-state index is 12.1. The molecular formula is C28H28ClNO5. The van der Waals surface area contributed by atoms with E-state index in [9.17, 15) is 14.7 Å². The highest BCUT2D eigenvalue weighted by atomic mass is 35.5. The van der Waals surface area contributed by atoms with Crippen LogP contribution in [-0.4, -0.2) is 29.1 Å². The Labute approximate surface area is 209 Å². The van der Waals surface area contributed by atoms with Crippen LogP contribution in [0, 0.1) is 0 Å². The van der Waals surface area contributed by atoms with Gasteiger partial charge in [0.2, 0.25) is 5.91 Å². The van der Waals surface area contributed by atoms with E-state index in [1.165, 1.54) is 6.92 Å². The molecule has 6 nitrogen and oxygen atoms in total. The van der Waals surface area contributed by atoms with E-state index in [1.807, 2.05) is 79.7 Å². The zero-order chi connectivity index (χ0) is 25.0. The Hall–Kier alpha value is -3.35. The molecule has 4 rings (SSSR count). The monoisotopic (exact) mass is 493 g/mol. The molecule has 1 saturated heterocycles. The molecule has 0 radical (unpaired) electrons. The van der Waals surface area contributed by atoms with Crippen molar-refractivity contribution in [1.29, 1.82) is 0 Å². The van der Waals surface area contributed by atoms with Crippen LogP contribution in [0.3, 0.4) is 0 Å². The average Bonchev–Trinajstić information content (AvgIpc) is 2.82. The third-order valence-corrected chi connectivity index (χ3v) is 6.39. The zero-order valence-corrected chi connectivity index (χ0v) is 20.4. The number of carbonyl (C=O) groups is 2. The van der Waals surface area contributed by atoms with Gasteiger partial charge < -0.3 is 19.9 Å². The van der Waals surface area contributed by atoms with Crippen LogP contribution in [0.5, 0.6) is 5.75 Å². The van der Waals surface area contributed by atoms with Gasteiger partial charge in [-0.2, -0.15) is 0 Å². The number of nitrogens with one attached hydrogen (secondary N) is 1. The highest BCUT2D eigenvalue weighted by Crippen LogP contribution is 2.47. The molecule has 0 aliphatic carbocycles. The van der Waals surface area contributed by atoms with E-state index in [1.54, 1.807) is 0 Å². The smallest absolute Gasteiger partial charge is 0.341 e. The standard InChI is InChI=1S/C28H28ClNO5/c1-18(31)30-28(2)15-24(20-11-13-21(29)14-12-20)35-25(16-28)23-10-6-9-22(19-7-4-3-5-8-19)27(23)34-17-26(32)33/h3-14,24-25H,15-17H2,1-2H3,(H,30,31)(H,32,33)/t24-,25+,28-/m0/s1. The van der Waals surface area contributed by atoms with Crippen LogP contribution < -0.4 is 10.1 Å². The lowest BCUT2D eigenvalue weighted by molar-refractivity contribution is -0.139. The molecule has 1 aliphatic rings. The molecule has 3 aromatic carbocycles. The summed E-state index contributed by atoms with van der Waals surface area (Å²) in [7, 11) is 0. The quantitative estimate of drug-likeness (QED) is 0.424.